The molecule has 0 bridgehead atoms. The van der Waals surface area contributed by atoms with Gasteiger partial charge >= 0.3 is 0 Å². The van der Waals surface area contributed by atoms with E-state index < -0.39 is 30.7 Å². The molecule has 0 amide bonds. The molecule has 9 nitrogen and oxygen atoms in total. The average Bonchev–Trinajstić information content (AvgIpc) is 3.09. The lowest BCUT2D eigenvalue weighted by Gasteiger charge is -2.32. The van der Waals surface area contributed by atoms with Gasteiger partial charge in [0.15, 0.2) is 4.90 Å². The molecule has 27 heavy (non-hydrogen) atoms. The van der Waals surface area contributed by atoms with E-state index in [0.717, 1.165) is 26.6 Å². The van der Waals surface area contributed by atoms with Crippen molar-refractivity contribution >= 4 is 37.1 Å². The molecular weight excluding hydrogens is 414 g/mol. The minimum Gasteiger partial charge on any atom is -0.258 e. The van der Waals surface area contributed by atoms with E-state index in [-0.39, 0.29) is 35.3 Å². The zero-order valence-corrected chi connectivity index (χ0v) is 16.8. The summed E-state index contributed by atoms with van der Waals surface area (Å²) in [7, 11) is -7.77. The Kier molecular flexibility index (Phi) is 5.36. The van der Waals surface area contributed by atoms with Gasteiger partial charge in [-0.05, 0) is 25.1 Å². The van der Waals surface area contributed by atoms with Crippen LogP contribution in [0.25, 0.3) is 0 Å². The highest BCUT2D eigenvalue weighted by Gasteiger charge is 2.36. The van der Waals surface area contributed by atoms with Crippen LogP contribution in [0.2, 0.25) is 0 Å². The van der Waals surface area contributed by atoms with Crippen molar-refractivity contribution in [2.24, 2.45) is 0 Å². The first-order valence-corrected chi connectivity index (χ1v) is 11.6. The van der Waals surface area contributed by atoms with Crippen LogP contribution in [0.5, 0.6) is 0 Å². The van der Waals surface area contributed by atoms with Crippen LogP contribution < -0.4 is 0 Å². The number of nitro groups is 1. The minimum atomic E-state index is -4.09. The molecule has 1 aliphatic heterocycles. The summed E-state index contributed by atoms with van der Waals surface area (Å²) in [4.78, 5) is 10.9. The van der Waals surface area contributed by atoms with Gasteiger partial charge in [0.1, 0.15) is 4.21 Å². The molecule has 3 rings (SSSR count). The van der Waals surface area contributed by atoms with Crippen LogP contribution in [0, 0.1) is 17.0 Å². The Morgan fingerprint density at radius 3 is 2.00 bits per heavy atom. The Labute approximate surface area is 161 Å². The molecule has 1 saturated heterocycles. The van der Waals surface area contributed by atoms with Gasteiger partial charge in [0.25, 0.3) is 15.7 Å². The predicted octanol–water partition coefficient (Wildman–Crippen LogP) is 1.66. The summed E-state index contributed by atoms with van der Waals surface area (Å²) in [6, 6.07) is 8.38. The molecule has 0 spiro atoms. The molecule has 0 radical (unpaired) electrons. The zero-order chi connectivity index (χ0) is 19.8. The Balaban J connectivity index is 1.81. The van der Waals surface area contributed by atoms with Crippen LogP contribution in [-0.4, -0.2) is 56.5 Å². The van der Waals surface area contributed by atoms with Gasteiger partial charge in [0.2, 0.25) is 10.0 Å². The van der Waals surface area contributed by atoms with Crippen LogP contribution in [0.4, 0.5) is 5.69 Å². The van der Waals surface area contributed by atoms with Crippen molar-refractivity contribution in [2.45, 2.75) is 16.0 Å². The molecular formula is C15H17N3O6S3. The first-order chi connectivity index (χ1) is 12.6. The summed E-state index contributed by atoms with van der Waals surface area (Å²) in [6.45, 7) is 1.63. The van der Waals surface area contributed by atoms with Crippen molar-refractivity contribution in [3.8, 4) is 0 Å². The monoisotopic (exact) mass is 431 g/mol. The highest BCUT2D eigenvalue weighted by molar-refractivity contribution is 7.91. The summed E-state index contributed by atoms with van der Waals surface area (Å²) >= 11 is 1.16. The highest BCUT2D eigenvalue weighted by Crippen LogP contribution is 2.29. The first-order valence-electron chi connectivity index (χ1n) is 7.94. The lowest BCUT2D eigenvalue weighted by Crippen LogP contribution is -2.50. The number of thiophene rings is 1. The largest absolute Gasteiger partial charge is 0.289 e. The van der Waals surface area contributed by atoms with E-state index in [0.29, 0.717) is 0 Å². The summed E-state index contributed by atoms with van der Waals surface area (Å²) < 4.78 is 53.4. The number of piperazine rings is 1. The first kappa shape index (κ1) is 19.9. The number of hydrogen-bond acceptors (Lipinski definition) is 7. The Morgan fingerprint density at radius 2 is 1.48 bits per heavy atom. The van der Waals surface area contributed by atoms with Crippen molar-refractivity contribution in [1.29, 1.82) is 0 Å². The topological polar surface area (TPSA) is 118 Å². The molecule has 146 valence electrons. The molecule has 0 unspecified atom stereocenters. The average molecular weight is 432 g/mol. The highest BCUT2D eigenvalue weighted by atomic mass is 32.2. The van der Waals surface area contributed by atoms with Gasteiger partial charge in [-0.25, -0.2) is 16.8 Å². The number of aryl methyl sites for hydroxylation is 1. The number of hydrogen-bond donors (Lipinski definition) is 0. The third kappa shape index (κ3) is 3.75. The summed E-state index contributed by atoms with van der Waals surface area (Å²) in [6.07, 6.45) is 0. The molecule has 1 aromatic heterocycles. The van der Waals surface area contributed by atoms with E-state index in [4.69, 9.17) is 0 Å². The van der Waals surface area contributed by atoms with Crippen LogP contribution in [0.3, 0.4) is 0 Å². The molecule has 12 heteroatoms. The van der Waals surface area contributed by atoms with Gasteiger partial charge in [-0.3, -0.25) is 10.1 Å². The number of sulfonamides is 2. The quantitative estimate of drug-likeness (QED) is 0.525. The SMILES string of the molecule is Cc1ccc(S(=O)(=O)N2CCN(S(=O)(=O)c3ccccc3[N+](=O)[O-])CC2)s1. The normalized spacial score (nSPS) is 17.1. The predicted molar refractivity (Wildman–Crippen MR) is 99.7 cm³/mol. The summed E-state index contributed by atoms with van der Waals surface area (Å²) in [5.74, 6) is 0. The van der Waals surface area contributed by atoms with Crippen molar-refractivity contribution in [2.75, 3.05) is 26.2 Å². The number of rotatable bonds is 5. The van der Waals surface area contributed by atoms with Crippen molar-refractivity contribution in [3.05, 3.63) is 51.4 Å². The molecule has 2 heterocycles. The summed E-state index contributed by atoms with van der Waals surface area (Å²) in [5.41, 5.74) is -0.499. The Bertz CT molecular complexity index is 1070. The van der Waals surface area contributed by atoms with Gasteiger partial charge in [0, 0.05) is 37.1 Å². The maximum atomic E-state index is 12.8. The van der Waals surface area contributed by atoms with Crippen LogP contribution in [-0.2, 0) is 20.0 Å². The van der Waals surface area contributed by atoms with Gasteiger partial charge in [-0.2, -0.15) is 8.61 Å². The van der Waals surface area contributed by atoms with Crippen molar-refractivity contribution < 1.29 is 21.8 Å². The molecule has 1 aromatic carbocycles. The van der Waals surface area contributed by atoms with Gasteiger partial charge in [-0.1, -0.05) is 12.1 Å². The smallest absolute Gasteiger partial charge is 0.258 e. The molecule has 0 aliphatic carbocycles. The second-order valence-corrected chi connectivity index (χ2v) is 11.3. The Morgan fingerprint density at radius 1 is 0.926 bits per heavy atom. The standard InChI is InChI=1S/C15H17N3O6S3/c1-12-6-7-15(25-12)27(23,24)17-10-8-16(9-11-17)26(21,22)14-5-3-2-4-13(14)18(19)20/h2-7H,8-11H2,1H3. The van der Waals surface area contributed by atoms with Crippen LogP contribution >= 0.6 is 11.3 Å². The molecule has 1 aliphatic rings. The molecule has 0 saturated carbocycles. The number of nitrogens with zero attached hydrogens (tertiary/aromatic N) is 3. The minimum absolute atomic E-state index is 0.0147. The lowest BCUT2D eigenvalue weighted by molar-refractivity contribution is -0.387. The number of nitro benzene ring substituents is 1. The van der Waals surface area contributed by atoms with Crippen LogP contribution in [0.1, 0.15) is 4.88 Å². The zero-order valence-electron chi connectivity index (χ0n) is 14.3. The van der Waals surface area contributed by atoms with Crippen LogP contribution in [0.15, 0.2) is 45.5 Å². The third-order valence-corrected chi connectivity index (χ3v) is 9.50. The van der Waals surface area contributed by atoms with E-state index in [2.05, 4.69) is 0 Å². The Hall–Kier alpha value is -1.86. The van der Waals surface area contributed by atoms with E-state index in [9.17, 15) is 26.9 Å². The van der Waals surface area contributed by atoms with Crippen molar-refractivity contribution in [1.82, 2.24) is 8.61 Å². The lowest BCUT2D eigenvalue weighted by atomic mass is 10.3. The molecule has 2 aromatic rings. The third-order valence-electron chi connectivity index (χ3n) is 4.19. The maximum Gasteiger partial charge on any atom is 0.289 e. The molecule has 1 fully saturated rings. The maximum absolute atomic E-state index is 12.8. The van der Waals surface area contributed by atoms with Crippen molar-refractivity contribution in [3.63, 3.8) is 0 Å². The second-order valence-electron chi connectivity index (χ2n) is 5.90. The summed E-state index contributed by atoms with van der Waals surface area (Å²) in [5, 5.41) is 11.1. The fourth-order valence-electron chi connectivity index (χ4n) is 2.79. The van der Waals surface area contributed by atoms with Gasteiger partial charge in [-0.15, -0.1) is 11.3 Å². The number of para-hydroxylation sites is 1. The fraction of sp³-hybridized carbons (Fsp3) is 0.333. The number of benzene rings is 1. The fourth-order valence-corrected chi connectivity index (χ4v) is 7.23. The van der Waals surface area contributed by atoms with E-state index in [1.165, 1.54) is 28.6 Å². The molecule has 0 atom stereocenters. The van der Waals surface area contributed by atoms with E-state index in [1.807, 2.05) is 0 Å². The van der Waals surface area contributed by atoms with E-state index >= 15 is 0 Å². The van der Waals surface area contributed by atoms with E-state index in [1.54, 1.807) is 13.0 Å². The van der Waals surface area contributed by atoms with Gasteiger partial charge in [0.05, 0.1) is 4.92 Å². The van der Waals surface area contributed by atoms with Gasteiger partial charge < -0.3 is 0 Å². The second kappa shape index (κ2) is 7.28. The molecule has 0 N–H and O–H groups in total.